The summed E-state index contributed by atoms with van der Waals surface area (Å²) < 4.78 is 11.1. The zero-order valence-corrected chi connectivity index (χ0v) is 13.7. The Balaban J connectivity index is 1.49. The van der Waals surface area contributed by atoms with Crippen molar-refractivity contribution >= 4 is 17.7 Å². The number of ether oxygens (including phenoxy) is 2. The van der Waals surface area contributed by atoms with Crippen LogP contribution in [-0.2, 0) is 4.79 Å². The van der Waals surface area contributed by atoms with Gasteiger partial charge in [0.05, 0.1) is 0 Å². The smallest absolute Gasteiger partial charge is 0.223 e. The first-order chi connectivity index (χ1) is 10.7. The fourth-order valence-corrected chi connectivity index (χ4v) is 3.59. The third-order valence-electron chi connectivity index (χ3n) is 3.92. The fraction of sp³-hybridized carbons (Fsp3) is 0.562. The average Bonchev–Trinajstić information content (AvgIpc) is 2.55. The second kappa shape index (κ2) is 7.24. The molecule has 1 atom stereocenters. The van der Waals surface area contributed by atoms with Gasteiger partial charge in [0.1, 0.15) is 13.2 Å². The Morgan fingerprint density at radius 3 is 3.00 bits per heavy atom. The Bertz CT molecular complexity index is 538. The molecule has 2 aliphatic heterocycles. The number of piperazine rings is 1. The molecule has 22 heavy (non-hydrogen) atoms. The van der Waals surface area contributed by atoms with Gasteiger partial charge in [-0.15, -0.1) is 11.8 Å². The molecule has 2 aliphatic rings. The maximum absolute atomic E-state index is 12.3. The van der Waals surface area contributed by atoms with Gasteiger partial charge in [0.2, 0.25) is 5.91 Å². The highest BCUT2D eigenvalue weighted by molar-refractivity contribution is 7.99. The predicted molar refractivity (Wildman–Crippen MR) is 86.8 cm³/mol. The number of carbonyl (C=O) groups is 1. The van der Waals surface area contributed by atoms with Crippen molar-refractivity contribution in [1.29, 1.82) is 0 Å². The quantitative estimate of drug-likeness (QED) is 0.856. The van der Waals surface area contributed by atoms with E-state index in [0.29, 0.717) is 25.7 Å². The van der Waals surface area contributed by atoms with Crippen molar-refractivity contribution in [3.8, 4) is 11.5 Å². The molecule has 0 spiro atoms. The first-order valence-electron chi connectivity index (χ1n) is 7.76. The minimum Gasteiger partial charge on any atom is -0.486 e. The van der Waals surface area contributed by atoms with Crippen LogP contribution in [0.2, 0.25) is 0 Å². The molecule has 0 saturated carbocycles. The maximum atomic E-state index is 12.3. The van der Waals surface area contributed by atoms with Gasteiger partial charge in [-0.2, -0.15) is 0 Å². The molecular formula is C16H22N2O3S. The summed E-state index contributed by atoms with van der Waals surface area (Å²) in [6.07, 6.45) is 0.573. The van der Waals surface area contributed by atoms with E-state index in [0.717, 1.165) is 41.8 Å². The topological polar surface area (TPSA) is 50.8 Å². The van der Waals surface area contributed by atoms with E-state index in [4.69, 9.17) is 9.47 Å². The molecule has 1 aromatic rings. The molecule has 120 valence electrons. The molecule has 1 saturated heterocycles. The summed E-state index contributed by atoms with van der Waals surface area (Å²) in [4.78, 5) is 15.4. The van der Waals surface area contributed by atoms with Crippen molar-refractivity contribution in [2.75, 3.05) is 38.6 Å². The van der Waals surface area contributed by atoms with Gasteiger partial charge in [-0.05, 0) is 25.1 Å². The summed E-state index contributed by atoms with van der Waals surface area (Å²) in [5.74, 6) is 2.65. The van der Waals surface area contributed by atoms with Gasteiger partial charge in [-0.25, -0.2) is 0 Å². The molecular weight excluding hydrogens is 300 g/mol. The summed E-state index contributed by atoms with van der Waals surface area (Å²) in [7, 11) is 0. The first-order valence-corrected chi connectivity index (χ1v) is 8.75. The maximum Gasteiger partial charge on any atom is 0.223 e. The van der Waals surface area contributed by atoms with Gasteiger partial charge in [0.15, 0.2) is 11.5 Å². The fourth-order valence-electron chi connectivity index (χ4n) is 2.72. The Kier molecular flexibility index (Phi) is 5.10. The van der Waals surface area contributed by atoms with Crippen molar-refractivity contribution in [3.05, 3.63) is 18.2 Å². The molecule has 0 bridgehead atoms. The number of hydrogen-bond donors (Lipinski definition) is 1. The van der Waals surface area contributed by atoms with Crippen molar-refractivity contribution in [3.63, 3.8) is 0 Å². The zero-order chi connectivity index (χ0) is 15.4. The molecule has 0 aromatic heterocycles. The summed E-state index contributed by atoms with van der Waals surface area (Å²) >= 11 is 1.69. The molecule has 1 amide bonds. The van der Waals surface area contributed by atoms with E-state index < -0.39 is 0 Å². The van der Waals surface area contributed by atoms with E-state index in [1.54, 1.807) is 11.8 Å². The number of thioether (sulfide) groups is 1. The highest BCUT2D eigenvalue weighted by Crippen LogP contribution is 2.34. The third-order valence-corrected chi connectivity index (χ3v) is 4.92. The lowest BCUT2D eigenvalue weighted by molar-refractivity contribution is -0.133. The van der Waals surface area contributed by atoms with Crippen LogP contribution >= 0.6 is 11.8 Å². The predicted octanol–water partition coefficient (Wildman–Crippen LogP) is 1.76. The SMILES string of the molecule is C[C@@H]1CNCCN1C(=O)CCSc1ccc2c(c1)OCCO2. The summed E-state index contributed by atoms with van der Waals surface area (Å²) in [6.45, 7) is 5.90. The number of benzene rings is 1. The van der Waals surface area contributed by atoms with E-state index in [1.807, 2.05) is 23.1 Å². The van der Waals surface area contributed by atoms with Crippen LogP contribution in [-0.4, -0.2) is 55.4 Å². The zero-order valence-electron chi connectivity index (χ0n) is 12.8. The number of carbonyl (C=O) groups excluding carboxylic acids is 1. The largest absolute Gasteiger partial charge is 0.486 e. The number of amides is 1. The lowest BCUT2D eigenvalue weighted by Crippen LogP contribution is -2.52. The van der Waals surface area contributed by atoms with E-state index >= 15 is 0 Å². The monoisotopic (exact) mass is 322 g/mol. The van der Waals surface area contributed by atoms with E-state index in [1.165, 1.54) is 0 Å². The lowest BCUT2D eigenvalue weighted by atomic mass is 10.2. The number of fused-ring (bicyclic) bond motifs is 1. The van der Waals surface area contributed by atoms with Crippen LogP contribution in [0.4, 0.5) is 0 Å². The van der Waals surface area contributed by atoms with Crippen LogP contribution in [0, 0.1) is 0 Å². The second-order valence-electron chi connectivity index (χ2n) is 5.54. The van der Waals surface area contributed by atoms with Gasteiger partial charge >= 0.3 is 0 Å². The molecule has 1 aromatic carbocycles. The van der Waals surface area contributed by atoms with Crippen LogP contribution in [0.25, 0.3) is 0 Å². The summed E-state index contributed by atoms with van der Waals surface area (Å²) in [5, 5.41) is 3.31. The standard InChI is InChI=1S/C16H22N2O3S/c1-12-11-17-5-6-18(12)16(19)4-9-22-13-2-3-14-15(10-13)21-8-7-20-14/h2-3,10,12,17H,4-9,11H2,1H3/t12-/m1/s1. The molecule has 0 unspecified atom stereocenters. The number of rotatable bonds is 4. The van der Waals surface area contributed by atoms with Gasteiger partial charge in [-0.1, -0.05) is 0 Å². The molecule has 0 radical (unpaired) electrons. The molecule has 1 N–H and O–H groups in total. The Hall–Kier alpha value is -1.40. The normalized spacial score (nSPS) is 20.8. The van der Waals surface area contributed by atoms with Gasteiger partial charge in [0, 0.05) is 42.7 Å². The van der Waals surface area contributed by atoms with E-state index in [-0.39, 0.29) is 5.91 Å². The van der Waals surface area contributed by atoms with Crippen molar-refractivity contribution < 1.29 is 14.3 Å². The molecule has 3 rings (SSSR count). The van der Waals surface area contributed by atoms with Crippen molar-refractivity contribution in [2.24, 2.45) is 0 Å². The van der Waals surface area contributed by atoms with Gasteiger partial charge < -0.3 is 19.7 Å². The van der Waals surface area contributed by atoms with Crippen LogP contribution in [0.15, 0.2) is 23.1 Å². The van der Waals surface area contributed by atoms with Crippen LogP contribution < -0.4 is 14.8 Å². The molecule has 0 aliphatic carbocycles. The Labute approximate surface area is 135 Å². The minimum absolute atomic E-state index is 0.249. The van der Waals surface area contributed by atoms with Gasteiger partial charge in [0.25, 0.3) is 0 Å². The van der Waals surface area contributed by atoms with Gasteiger partial charge in [-0.3, -0.25) is 4.79 Å². The lowest BCUT2D eigenvalue weighted by Gasteiger charge is -2.34. The number of nitrogens with zero attached hydrogens (tertiary/aromatic N) is 1. The summed E-state index contributed by atoms with van der Waals surface area (Å²) in [6, 6.07) is 6.25. The van der Waals surface area contributed by atoms with Crippen LogP contribution in [0.5, 0.6) is 11.5 Å². The van der Waals surface area contributed by atoms with E-state index in [2.05, 4.69) is 12.2 Å². The third kappa shape index (κ3) is 3.67. The number of hydrogen-bond acceptors (Lipinski definition) is 5. The van der Waals surface area contributed by atoms with Crippen molar-refractivity contribution in [1.82, 2.24) is 10.2 Å². The molecule has 1 fully saturated rings. The Morgan fingerprint density at radius 2 is 2.18 bits per heavy atom. The molecule has 2 heterocycles. The van der Waals surface area contributed by atoms with Crippen LogP contribution in [0.1, 0.15) is 13.3 Å². The molecule has 5 nitrogen and oxygen atoms in total. The Morgan fingerprint density at radius 1 is 1.36 bits per heavy atom. The second-order valence-corrected chi connectivity index (χ2v) is 6.71. The van der Waals surface area contributed by atoms with E-state index in [9.17, 15) is 4.79 Å². The van der Waals surface area contributed by atoms with Crippen LogP contribution in [0.3, 0.4) is 0 Å². The summed E-state index contributed by atoms with van der Waals surface area (Å²) in [5.41, 5.74) is 0. The highest BCUT2D eigenvalue weighted by atomic mass is 32.2. The molecule has 6 heteroatoms. The minimum atomic E-state index is 0.249. The average molecular weight is 322 g/mol. The highest BCUT2D eigenvalue weighted by Gasteiger charge is 2.22. The number of nitrogens with one attached hydrogen (secondary N) is 1. The van der Waals surface area contributed by atoms with Crippen molar-refractivity contribution in [2.45, 2.75) is 24.3 Å². The first kappa shape index (κ1) is 15.5.